The van der Waals surface area contributed by atoms with Gasteiger partial charge in [0.15, 0.2) is 11.5 Å². The van der Waals surface area contributed by atoms with Crippen molar-refractivity contribution >= 4 is 34.1 Å². The molecule has 7 heteroatoms. The molecule has 1 aliphatic rings. The van der Waals surface area contributed by atoms with Crippen LogP contribution in [0.4, 0.5) is 11.4 Å². The smallest absolute Gasteiger partial charge is 0.255 e. The number of nitrogens with one attached hydrogen (secondary N) is 2. The van der Waals surface area contributed by atoms with E-state index in [9.17, 15) is 9.59 Å². The lowest BCUT2D eigenvalue weighted by molar-refractivity contribution is 0.101. The van der Waals surface area contributed by atoms with Crippen LogP contribution in [0.15, 0.2) is 60.7 Å². The third-order valence-corrected chi connectivity index (χ3v) is 6.06. The van der Waals surface area contributed by atoms with Gasteiger partial charge in [-0.1, -0.05) is 12.1 Å². The molecule has 0 atom stereocenters. The van der Waals surface area contributed by atoms with Crippen molar-refractivity contribution in [2.75, 3.05) is 23.8 Å². The second-order valence-electron chi connectivity index (χ2n) is 8.56. The van der Waals surface area contributed by atoms with Crippen LogP contribution in [-0.2, 0) is 0 Å². The SMILES string of the molecule is Cc1ccc2cc(C(=O)Nc3c(C)ccc(NC(=O)c4ccc5c(c4)OCCO5)c3C)ccc2n1. The Balaban J connectivity index is 1.37. The van der Waals surface area contributed by atoms with Crippen LogP contribution in [0.25, 0.3) is 10.9 Å². The van der Waals surface area contributed by atoms with Crippen molar-refractivity contribution in [1.82, 2.24) is 4.98 Å². The first-order valence-corrected chi connectivity index (χ1v) is 11.4. The molecule has 0 fully saturated rings. The summed E-state index contributed by atoms with van der Waals surface area (Å²) in [6, 6.07) is 18.1. The fraction of sp³-hybridized carbons (Fsp3) is 0.179. The molecular formula is C28H25N3O4. The van der Waals surface area contributed by atoms with Gasteiger partial charge in [-0.05, 0) is 80.4 Å². The average Bonchev–Trinajstić information content (AvgIpc) is 2.87. The molecular weight excluding hydrogens is 442 g/mol. The van der Waals surface area contributed by atoms with Gasteiger partial charge in [-0.25, -0.2) is 0 Å². The minimum Gasteiger partial charge on any atom is -0.486 e. The first-order valence-electron chi connectivity index (χ1n) is 11.4. The van der Waals surface area contributed by atoms with Crippen molar-refractivity contribution in [3.05, 3.63) is 88.6 Å². The fourth-order valence-corrected chi connectivity index (χ4v) is 4.11. The maximum absolute atomic E-state index is 13.1. The molecule has 5 rings (SSSR count). The zero-order valence-electron chi connectivity index (χ0n) is 19.8. The van der Waals surface area contributed by atoms with Crippen molar-refractivity contribution in [1.29, 1.82) is 0 Å². The van der Waals surface area contributed by atoms with Gasteiger partial charge in [0.05, 0.1) is 5.52 Å². The number of hydrogen-bond donors (Lipinski definition) is 2. The van der Waals surface area contributed by atoms with E-state index in [1.807, 2.05) is 57.2 Å². The molecule has 2 heterocycles. The Bertz CT molecular complexity index is 1480. The Morgan fingerprint density at radius 1 is 0.771 bits per heavy atom. The summed E-state index contributed by atoms with van der Waals surface area (Å²) < 4.78 is 11.1. The van der Waals surface area contributed by atoms with E-state index < -0.39 is 0 Å². The zero-order valence-corrected chi connectivity index (χ0v) is 19.8. The Labute approximate surface area is 203 Å². The molecule has 0 saturated heterocycles. The molecule has 0 radical (unpaired) electrons. The highest BCUT2D eigenvalue weighted by molar-refractivity contribution is 6.09. The summed E-state index contributed by atoms with van der Waals surface area (Å²) in [5, 5.41) is 6.87. The Hall–Kier alpha value is -4.39. The van der Waals surface area contributed by atoms with Crippen molar-refractivity contribution in [2.45, 2.75) is 20.8 Å². The monoisotopic (exact) mass is 467 g/mol. The van der Waals surface area contributed by atoms with E-state index >= 15 is 0 Å². The number of anilines is 2. The van der Waals surface area contributed by atoms with E-state index in [1.165, 1.54) is 0 Å². The molecule has 3 aromatic carbocycles. The predicted octanol–water partition coefficient (Wildman–Crippen LogP) is 5.44. The van der Waals surface area contributed by atoms with Gasteiger partial charge in [-0.2, -0.15) is 0 Å². The maximum Gasteiger partial charge on any atom is 0.255 e. The number of carbonyl (C=O) groups is 2. The van der Waals surface area contributed by atoms with Crippen LogP contribution in [0.2, 0.25) is 0 Å². The van der Waals surface area contributed by atoms with E-state index in [1.54, 1.807) is 24.3 Å². The zero-order chi connectivity index (χ0) is 24.5. The predicted molar refractivity (Wildman–Crippen MR) is 136 cm³/mol. The second-order valence-corrected chi connectivity index (χ2v) is 8.56. The van der Waals surface area contributed by atoms with Crippen LogP contribution in [-0.4, -0.2) is 30.0 Å². The van der Waals surface area contributed by atoms with Gasteiger partial charge in [0.25, 0.3) is 11.8 Å². The number of ether oxygens (including phenoxy) is 2. The number of nitrogens with zero attached hydrogens (tertiary/aromatic N) is 1. The normalized spacial score (nSPS) is 12.3. The molecule has 2 N–H and O–H groups in total. The molecule has 0 bridgehead atoms. The number of fused-ring (bicyclic) bond motifs is 2. The van der Waals surface area contributed by atoms with Gasteiger partial charge >= 0.3 is 0 Å². The second kappa shape index (κ2) is 9.10. The van der Waals surface area contributed by atoms with Crippen LogP contribution in [0.5, 0.6) is 11.5 Å². The summed E-state index contributed by atoms with van der Waals surface area (Å²) in [7, 11) is 0. The average molecular weight is 468 g/mol. The van der Waals surface area contributed by atoms with Crippen molar-refractivity contribution in [3.63, 3.8) is 0 Å². The molecule has 2 amide bonds. The molecule has 4 aromatic rings. The molecule has 7 nitrogen and oxygen atoms in total. The van der Waals surface area contributed by atoms with Gasteiger partial charge in [0.2, 0.25) is 0 Å². The topological polar surface area (TPSA) is 89.6 Å². The summed E-state index contributed by atoms with van der Waals surface area (Å²) in [5.74, 6) is 0.680. The van der Waals surface area contributed by atoms with Crippen LogP contribution < -0.4 is 20.1 Å². The summed E-state index contributed by atoms with van der Waals surface area (Å²) in [5.41, 5.74) is 5.70. The van der Waals surface area contributed by atoms with Crippen LogP contribution in [0.1, 0.15) is 37.5 Å². The third kappa shape index (κ3) is 4.53. The van der Waals surface area contributed by atoms with Gasteiger partial charge in [0, 0.05) is 33.6 Å². The van der Waals surface area contributed by atoms with E-state index in [0.717, 1.165) is 27.7 Å². The van der Waals surface area contributed by atoms with E-state index in [0.29, 0.717) is 47.2 Å². The molecule has 0 aliphatic carbocycles. The van der Waals surface area contributed by atoms with E-state index in [4.69, 9.17) is 9.47 Å². The minimum absolute atomic E-state index is 0.228. The number of hydrogen-bond acceptors (Lipinski definition) is 5. The number of carbonyl (C=O) groups excluding carboxylic acids is 2. The Kier molecular flexibility index (Phi) is 5.82. The van der Waals surface area contributed by atoms with Crippen LogP contribution in [0.3, 0.4) is 0 Å². The van der Waals surface area contributed by atoms with Crippen LogP contribution >= 0.6 is 0 Å². The van der Waals surface area contributed by atoms with Gasteiger partial charge < -0.3 is 20.1 Å². The lowest BCUT2D eigenvalue weighted by Gasteiger charge is -2.19. The lowest BCUT2D eigenvalue weighted by atomic mass is 10.0. The molecule has 0 saturated carbocycles. The Morgan fingerprint density at radius 3 is 2.31 bits per heavy atom. The molecule has 35 heavy (non-hydrogen) atoms. The van der Waals surface area contributed by atoms with Gasteiger partial charge in [-0.15, -0.1) is 0 Å². The van der Waals surface area contributed by atoms with Gasteiger partial charge in [0.1, 0.15) is 13.2 Å². The maximum atomic E-state index is 13.1. The molecule has 0 spiro atoms. The van der Waals surface area contributed by atoms with E-state index in [2.05, 4.69) is 15.6 Å². The number of pyridine rings is 1. The largest absolute Gasteiger partial charge is 0.486 e. The highest BCUT2D eigenvalue weighted by atomic mass is 16.6. The number of amides is 2. The van der Waals surface area contributed by atoms with E-state index in [-0.39, 0.29) is 11.8 Å². The van der Waals surface area contributed by atoms with Crippen LogP contribution in [0, 0.1) is 20.8 Å². The number of benzene rings is 3. The van der Waals surface area contributed by atoms with Crippen molar-refractivity contribution in [3.8, 4) is 11.5 Å². The standard InChI is InChI=1S/C28H25N3O4/c1-16-4-9-22(30-27(32)21-8-11-24-25(15-21)35-13-12-34-24)18(3)26(16)31-28(33)20-7-10-23-19(14-20)6-5-17(2)29-23/h4-11,14-15H,12-13H2,1-3H3,(H,30,32)(H,31,33). The quantitative estimate of drug-likeness (QED) is 0.417. The molecule has 176 valence electrons. The summed E-state index contributed by atoms with van der Waals surface area (Å²) >= 11 is 0. The molecule has 1 aliphatic heterocycles. The molecule has 1 aromatic heterocycles. The third-order valence-electron chi connectivity index (χ3n) is 6.06. The minimum atomic E-state index is -0.275. The lowest BCUT2D eigenvalue weighted by Crippen LogP contribution is -2.18. The van der Waals surface area contributed by atoms with Gasteiger partial charge in [-0.3, -0.25) is 14.6 Å². The highest BCUT2D eigenvalue weighted by Crippen LogP contribution is 2.32. The summed E-state index contributed by atoms with van der Waals surface area (Å²) in [6.07, 6.45) is 0. The molecule has 0 unspecified atom stereocenters. The summed E-state index contributed by atoms with van der Waals surface area (Å²) in [6.45, 7) is 6.67. The fourth-order valence-electron chi connectivity index (χ4n) is 4.11. The van der Waals surface area contributed by atoms with Crippen molar-refractivity contribution < 1.29 is 19.1 Å². The number of aryl methyl sites for hydroxylation is 2. The van der Waals surface area contributed by atoms with Crippen molar-refractivity contribution in [2.24, 2.45) is 0 Å². The first kappa shape index (κ1) is 22.4. The highest BCUT2D eigenvalue weighted by Gasteiger charge is 2.18. The number of rotatable bonds is 4. The summed E-state index contributed by atoms with van der Waals surface area (Å²) in [4.78, 5) is 30.5. The Morgan fingerprint density at radius 2 is 1.49 bits per heavy atom. The number of aromatic nitrogens is 1. The first-order chi connectivity index (χ1) is 16.9.